The number of methoxy groups -OCH3 is 2. The van der Waals surface area contributed by atoms with Crippen molar-refractivity contribution in [3.63, 3.8) is 0 Å². The molecule has 7 heteroatoms. The lowest BCUT2D eigenvalue weighted by molar-refractivity contribution is -0.118. The van der Waals surface area contributed by atoms with Crippen LogP contribution in [0.4, 0.5) is 5.69 Å². The Labute approximate surface area is 170 Å². The van der Waals surface area contributed by atoms with Crippen LogP contribution in [0, 0.1) is 0 Å². The lowest BCUT2D eigenvalue weighted by atomic mass is 9.91. The van der Waals surface area contributed by atoms with Crippen molar-refractivity contribution in [3.8, 4) is 17.2 Å². The van der Waals surface area contributed by atoms with Crippen LogP contribution in [0.25, 0.3) is 0 Å². The van der Waals surface area contributed by atoms with E-state index in [1.54, 1.807) is 25.2 Å². The quantitative estimate of drug-likeness (QED) is 0.636. The molecule has 2 aromatic carbocycles. The van der Waals surface area contributed by atoms with E-state index in [9.17, 15) is 4.79 Å². The summed E-state index contributed by atoms with van der Waals surface area (Å²) in [7, 11) is 3.23. The molecule has 2 heterocycles. The van der Waals surface area contributed by atoms with Crippen LogP contribution in [0.15, 0.2) is 36.4 Å². The number of para-hydroxylation sites is 1. The van der Waals surface area contributed by atoms with Gasteiger partial charge in [0.1, 0.15) is 19.0 Å². The lowest BCUT2D eigenvalue weighted by Gasteiger charge is -2.23. The van der Waals surface area contributed by atoms with Gasteiger partial charge in [-0.15, -0.1) is 0 Å². The van der Waals surface area contributed by atoms with E-state index in [0.717, 1.165) is 16.8 Å². The van der Waals surface area contributed by atoms with E-state index in [1.165, 1.54) is 0 Å². The number of hydrogen-bond donors (Lipinski definition) is 0. The average molecular weight is 399 g/mol. The van der Waals surface area contributed by atoms with E-state index >= 15 is 0 Å². The van der Waals surface area contributed by atoms with E-state index < -0.39 is 5.92 Å². The first-order valence-corrected chi connectivity index (χ1v) is 9.69. The molecule has 2 aliphatic rings. The van der Waals surface area contributed by atoms with Gasteiger partial charge in [-0.25, -0.2) is 0 Å². The van der Waals surface area contributed by atoms with Gasteiger partial charge in [-0.3, -0.25) is 4.79 Å². The third-order valence-electron chi connectivity index (χ3n) is 5.15. The van der Waals surface area contributed by atoms with E-state index in [2.05, 4.69) is 0 Å². The molecule has 0 aliphatic carbocycles. The minimum Gasteiger partial charge on any atom is -0.496 e. The molecule has 0 bridgehead atoms. The molecule has 0 aromatic heterocycles. The molecule has 29 heavy (non-hydrogen) atoms. The van der Waals surface area contributed by atoms with Gasteiger partial charge in [-0.2, -0.15) is 0 Å². The van der Waals surface area contributed by atoms with Gasteiger partial charge in [-0.1, -0.05) is 18.2 Å². The maximum atomic E-state index is 13.4. The highest BCUT2D eigenvalue weighted by molar-refractivity contribution is 6.07. The Balaban J connectivity index is 1.65. The van der Waals surface area contributed by atoms with Crippen LogP contribution in [0.1, 0.15) is 17.0 Å². The Morgan fingerprint density at radius 3 is 2.52 bits per heavy atom. The van der Waals surface area contributed by atoms with Crippen LogP contribution < -0.4 is 19.1 Å². The predicted octanol–water partition coefficient (Wildman–Crippen LogP) is 2.61. The van der Waals surface area contributed by atoms with Crippen molar-refractivity contribution >= 4 is 11.6 Å². The van der Waals surface area contributed by atoms with Gasteiger partial charge in [0.2, 0.25) is 5.91 Å². The fourth-order valence-corrected chi connectivity index (χ4v) is 3.80. The maximum Gasteiger partial charge on any atom is 0.239 e. The summed E-state index contributed by atoms with van der Waals surface area (Å²) in [5.74, 6) is 1.42. The topological polar surface area (TPSA) is 66.5 Å². The van der Waals surface area contributed by atoms with Gasteiger partial charge in [0.25, 0.3) is 0 Å². The number of carbonyl (C=O) groups is 1. The van der Waals surface area contributed by atoms with Crippen molar-refractivity contribution in [1.82, 2.24) is 0 Å². The summed E-state index contributed by atoms with van der Waals surface area (Å²) < 4.78 is 27.6. The smallest absolute Gasteiger partial charge is 0.239 e. The fourth-order valence-electron chi connectivity index (χ4n) is 3.80. The summed E-state index contributed by atoms with van der Waals surface area (Å²) >= 11 is 0. The third kappa shape index (κ3) is 3.75. The highest BCUT2D eigenvalue weighted by Crippen LogP contribution is 2.47. The van der Waals surface area contributed by atoms with Gasteiger partial charge in [0.05, 0.1) is 32.8 Å². The fraction of sp³-hybridized carbons (Fsp3) is 0.409. The zero-order valence-corrected chi connectivity index (χ0v) is 16.7. The summed E-state index contributed by atoms with van der Waals surface area (Å²) in [6, 6.07) is 11.5. The molecule has 2 aromatic rings. The number of benzene rings is 2. The number of fused-ring (bicyclic) bond motifs is 2. The van der Waals surface area contributed by atoms with Crippen molar-refractivity contribution in [2.75, 3.05) is 58.7 Å². The minimum absolute atomic E-state index is 0.00322. The summed E-state index contributed by atoms with van der Waals surface area (Å²) in [6.07, 6.45) is 0. The molecule has 4 rings (SSSR count). The molecule has 0 radical (unpaired) electrons. The van der Waals surface area contributed by atoms with Gasteiger partial charge in [0, 0.05) is 31.0 Å². The Morgan fingerprint density at radius 1 is 1.00 bits per heavy atom. The number of ether oxygens (including phenoxy) is 5. The zero-order valence-electron chi connectivity index (χ0n) is 16.7. The van der Waals surface area contributed by atoms with Crippen LogP contribution in [-0.4, -0.2) is 59.7 Å². The second-order valence-electron chi connectivity index (χ2n) is 6.82. The van der Waals surface area contributed by atoms with Crippen LogP contribution in [0.5, 0.6) is 17.2 Å². The van der Waals surface area contributed by atoms with Crippen LogP contribution >= 0.6 is 0 Å². The second kappa shape index (κ2) is 8.71. The van der Waals surface area contributed by atoms with Gasteiger partial charge in [0.15, 0.2) is 11.5 Å². The first-order valence-electron chi connectivity index (χ1n) is 9.69. The molecule has 1 atom stereocenters. The first kappa shape index (κ1) is 19.5. The average Bonchev–Trinajstić information content (AvgIpc) is 3.04. The standard InChI is InChI=1S/C22H25NO6/c1-25-9-10-27-8-7-23-17-6-4-3-5-15(17)21(22(23)24)16-13-19-20(14-18(16)26-2)29-12-11-28-19/h3-6,13-14,21H,7-12H2,1-2H3. The molecule has 0 saturated carbocycles. The maximum absolute atomic E-state index is 13.4. The molecule has 1 amide bonds. The van der Waals surface area contributed by atoms with Crippen molar-refractivity contribution in [2.24, 2.45) is 0 Å². The zero-order chi connectivity index (χ0) is 20.2. The van der Waals surface area contributed by atoms with Crippen LogP contribution in [0.2, 0.25) is 0 Å². The number of rotatable bonds is 8. The van der Waals surface area contributed by atoms with Crippen molar-refractivity contribution in [1.29, 1.82) is 0 Å². The van der Waals surface area contributed by atoms with Crippen molar-refractivity contribution < 1.29 is 28.5 Å². The molecular weight excluding hydrogens is 374 g/mol. The monoisotopic (exact) mass is 399 g/mol. The van der Waals surface area contributed by atoms with Gasteiger partial charge < -0.3 is 28.6 Å². The number of hydrogen-bond acceptors (Lipinski definition) is 6. The summed E-state index contributed by atoms with van der Waals surface area (Å²) in [5, 5.41) is 0. The molecule has 2 aliphatic heterocycles. The van der Waals surface area contributed by atoms with E-state index in [1.807, 2.05) is 30.3 Å². The molecule has 0 saturated heterocycles. The van der Waals surface area contributed by atoms with Crippen molar-refractivity contribution in [3.05, 3.63) is 47.5 Å². The number of anilines is 1. The van der Waals surface area contributed by atoms with Crippen LogP contribution in [0.3, 0.4) is 0 Å². The Bertz CT molecular complexity index is 884. The van der Waals surface area contributed by atoms with E-state index in [4.69, 9.17) is 23.7 Å². The summed E-state index contributed by atoms with van der Waals surface area (Å²) in [6.45, 7) is 2.93. The lowest BCUT2D eigenvalue weighted by Crippen LogP contribution is -2.32. The van der Waals surface area contributed by atoms with Crippen LogP contribution in [-0.2, 0) is 14.3 Å². The third-order valence-corrected chi connectivity index (χ3v) is 5.15. The molecule has 0 spiro atoms. The number of carbonyl (C=O) groups excluding carboxylic acids is 1. The minimum atomic E-state index is -0.462. The number of nitrogens with zero attached hydrogens (tertiary/aromatic N) is 1. The van der Waals surface area contributed by atoms with Crippen molar-refractivity contribution in [2.45, 2.75) is 5.92 Å². The second-order valence-corrected chi connectivity index (χ2v) is 6.82. The normalized spacial score (nSPS) is 17.4. The largest absolute Gasteiger partial charge is 0.496 e. The Kier molecular flexibility index (Phi) is 5.87. The Morgan fingerprint density at radius 2 is 1.76 bits per heavy atom. The number of amides is 1. The SMILES string of the molecule is COCCOCCN1C(=O)C(c2cc3c(cc2OC)OCCO3)c2ccccc21. The molecule has 7 nitrogen and oxygen atoms in total. The molecule has 0 N–H and O–H groups in total. The van der Waals surface area contributed by atoms with E-state index in [-0.39, 0.29) is 5.91 Å². The first-order chi connectivity index (χ1) is 14.2. The molecular formula is C22H25NO6. The highest BCUT2D eigenvalue weighted by atomic mass is 16.6. The van der Waals surface area contributed by atoms with Gasteiger partial charge in [-0.05, 0) is 17.7 Å². The molecule has 154 valence electrons. The highest BCUT2D eigenvalue weighted by Gasteiger charge is 2.40. The predicted molar refractivity (Wildman–Crippen MR) is 107 cm³/mol. The summed E-state index contributed by atoms with van der Waals surface area (Å²) in [5.41, 5.74) is 2.62. The Hall–Kier alpha value is -2.77. The van der Waals surface area contributed by atoms with Gasteiger partial charge >= 0.3 is 0 Å². The summed E-state index contributed by atoms with van der Waals surface area (Å²) in [4.78, 5) is 15.2. The molecule has 0 fully saturated rings. The molecule has 1 unspecified atom stereocenters. The van der Waals surface area contributed by atoms with E-state index in [0.29, 0.717) is 56.8 Å².